The van der Waals surface area contributed by atoms with Crippen molar-refractivity contribution in [3.05, 3.63) is 36.2 Å². The fraction of sp³-hybridized carbons (Fsp3) is 0.565. The number of amides is 1. The highest BCUT2D eigenvalue weighted by molar-refractivity contribution is 8.00. The Hall–Kier alpha value is -2.19. The largest absolute Gasteiger partial charge is 0.366 e. The van der Waals surface area contributed by atoms with Crippen LogP contribution < -0.4 is 10.6 Å². The van der Waals surface area contributed by atoms with Gasteiger partial charge in [-0.25, -0.2) is 4.98 Å². The molecule has 1 saturated heterocycles. The van der Waals surface area contributed by atoms with Crippen LogP contribution in [-0.4, -0.2) is 51.2 Å². The zero-order valence-corrected chi connectivity index (χ0v) is 19.2. The molecular weight excluding hydrogens is 408 g/mol. The van der Waals surface area contributed by atoms with E-state index in [1.807, 2.05) is 23.1 Å². The number of hydrogen-bond donors (Lipinski definition) is 1. The number of likely N-dealkylation sites (tertiary alicyclic amines) is 1. The third-order valence-electron chi connectivity index (χ3n) is 6.43. The number of piperidine rings is 1. The normalized spacial score (nSPS) is 24.3. The van der Waals surface area contributed by atoms with Crippen molar-refractivity contribution in [1.29, 1.82) is 0 Å². The second-order valence-corrected chi connectivity index (χ2v) is 9.77. The Kier molecular flexibility index (Phi) is 7.07. The summed E-state index contributed by atoms with van der Waals surface area (Å²) in [6.07, 6.45) is 8.78. The molecular formula is C23H32N6OS. The fourth-order valence-corrected chi connectivity index (χ4v) is 5.92. The van der Waals surface area contributed by atoms with Gasteiger partial charge in [-0.2, -0.15) is 5.10 Å². The smallest absolute Gasteiger partial charge is 0.246 e. The number of anilines is 2. The van der Waals surface area contributed by atoms with Crippen LogP contribution in [0.3, 0.4) is 0 Å². The molecule has 1 aromatic heterocycles. The number of nitrogens with zero attached hydrogens (tertiary/aromatic N) is 5. The van der Waals surface area contributed by atoms with Crippen molar-refractivity contribution < 1.29 is 4.79 Å². The van der Waals surface area contributed by atoms with E-state index >= 15 is 0 Å². The van der Waals surface area contributed by atoms with Gasteiger partial charge in [-0.3, -0.25) is 9.69 Å². The molecule has 2 aliphatic heterocycles. The van der Waals surface area contributed by atoms with E-state index in [2.05, 4.69) is 40.0 Å². The minimum atomic E-state index is -0.442. The molecule has 1 fully saturated rings. The molecule has 0 aliphatic carbocycles. The van der Waals surface area contributed by atoms with Crippen LogP contribution in [0, 0.1) is 0 Å². The predicted molar refractivity (Wildman–Crippen MR) is 125 cm³/mol. The summed E-state index contributed by atoms with van der Waals surface area (Å²) < 4.78 is 0. The number of aromatic nitrogens is 3. The molecule has 2 aliphatic rings. The highest BCUT2D eigenvalue weighted by Gasteiger charge is 2.35. The van der Waals surface area contributed by atoms with Gasteiger partial charge >= 0.3 is 0 Å². The lowest BCUT2D eigenvalue weighted by atomic mass is 9.97. The van der Waals surface area contributed by atoms with Crippen molar-refractivity contribution in [3.8, 4) is 0 Å². The number of nitrogen functional groups attached to an aromatic ring is 1. The Morgan fingerprint density at radius 2 is 1.84 bits per heavy atom. The van der Waals surface area contributed by atoms with Crippen LogP contribution in [0.15, 0.2) is 35.4 Å². The van der Waals surface area contributed by atoms with Crippen LogP contribution in [0.25, 0.3) is 0 Å². The molecule has 0 radical (unpaired) electrons. The first-order valence-electron chi connectivity index (χ1n) is 11.3. The van der Waals surface area contributed by atoms with Gasteiger partial charge in [0.2, 0.25) is 11.9 Å². The number of carbonyl (C=O) groups is 1. The zero-order chi connectivity index (χ0) is 21.8. The standard InChI is InChI=1S/C23H32N6OS/c1-16-9-8-10-17(2)28(16)13-6-3-7-14-29-19-11-4-5-12-20(19)31-21(22(29)30)18-15-25-27-23(24)26-18/h4-5,11-12,15-17,21H,3,6-10,13-14H2,1-2H3,(H2,24,26,27)/t16-,17+,21?. The summed E-state index contributed by atoms with van der Waals surface area (Å²) in [4.78, 5) is 23.3. The molecule has 2 N–H and O–H groups in total. The number of nitrogens with two attached hydrogens (primary N) is 1. The second-order valence-electron chi connectivity index (χ2n) is 8.62. The van der Waals surface area contributed by atoms with E-state index in [-0.39, 0.29) is 11.9 Å². The predicted octanol–water partition coefficient (Wildman–Crippen LogP) is 4.07. The van der Waals surface area contributed by atoms with Gasteiger partial charge < -0.3 is 10.6 Å². The second kappa shape index (κ2) is 9.96. The van der Waals surface area contributed by atoms with Gasteiger partial charge in [0.05, 0.1) is 17.6 Å². The van der Waals surface area contributed by atoms with E-state index in [0.717, 1.165) is 30.0 Å². The van der Waals surface area contributed by atoms with E-state index in [1.54, 1.807) is 6.20 Å². The van der Waals surface area contributed by atoms with Crippen LogP contribution in [-0.2, 0) is 4.79 Å². The van der Waals surface area contributed by atoms with Crippen molar-refractivity contribution >= 4 is 29.3 Å². The first-order valence-corrected chi connectivity index (χ1v) is 12.2. The number of rotatable bonds is 7. The summed E-state index contributed by atoms with van der Waals surface area (Å²) in [5, 5.41) is 7.17. The lowest BCUT2D eigenvalue weighted by Gasteiger charge is -2.39. The maximum Gasteiger partial charge on any atom is 0.246 e. The highest BCUT2D eigenvalue weighted by Crippen LogP contribution is 2.45. The lowest BCUT2D eigenvalue weighted by Crippen LogP contribution is -2.44. The summed E-state index contributed by atoms with van der Waals surface area (Å²) in [6.45, 7) is 6.57. The van der Waals surface area contributed by atoms with Gasteiger partial charge in [0, 0.05) is 23.5 Å². The summed E-state index contributed by atoms with van der Waals surface area (Å²) in [6, 6.07) is 9.45. The molecule has 31 heavy (non-hydrogen) atoms. The van der Waals surface area contributed by atoms with Gasteiger partial charge in [0.15, 0.2) is 0 Å². The molecule has 1 unspecified atom stereocenters. The quantitative estimate of drug-likeness (QED) is 0.649. The number of benzene rings is 1. The summed E-state index contributed by atoms with van der Waals surface area (Å²) in [5.41, 5.74) is 7.26. The maximum absolute atomic E-state index is 13.4. The maximum atomic E-state index is 13.4. The Balaban J connectivity index is 1.39. The molecule has 166 valence electrons. The van der Waals surface area contributed by atoms with E-state index < -0.39 is 5.25 Å². The molecule has 4 rings (SSSR count). The van der Waals surface area contributed by atoms with E-state index in [4.69, 9.17) is 5.73 Å². The van der Waals surface area contributed by atoms with Crippen molar-refractivity contribution in [3.63, 3.8) is 0 Å². The number of unbranched alkanes of at least 4 members (excludes halogenated alkanes) is 2. The summed E-state index contributed by atoms with van der Waals surface area (Å²) >= 11 is 1.51. The Morgan fingerprint density at radius 3 is 2.61 bits per heavy atom. The number of thioether (sulfide) groups is 1. The van der Waals surface area contributed by atoms with Crippen molar-refractivity contribution in [1.82, 2.24) is 20.1 Å². The van der Waals surface area contributed by atoms with Crippen LogP contribution in [0.2, 0.25) is 0 Å². The van der Waals surface area contributed by atoms with Crippen molar-refractivity contribution in [2.24, 2.45) is 0 Å². The first kappa shape index (κ1) is 22.0. The molecule has 0 bridgehead atoms. The fourth-order valence-electron chi connectivity index (χ4n) is 4.75. The Bertz CT molecular complexity index is 899. The topological polar surface area (TPSA) is 88.2 Å². The molecule has 1 aromatic carbocycles. The molecule has 2 aromatic rings. The molecule has 0 saturated carbocycles. The van der Waals surface area contributed by atoms with Crippen LogP contribution in [0.1, 0.15) is 63.3 Å². The van der Waals surface area contributed by atoms with E-state index in [1.165, 1.54) is 37.4 Å². The van der Waals surface area contributed by atoms with Crippen LogP contribution >= 0.6 is 11.8 Å². The SMILES string of the molecule is C[C@@H]1CCC[C@H](C)N1CCCCCN1C(=O)C(c2cnnc(N)n2)Sc2ccccc21. The Morgan fingerprint density at radius 1 is 1.10 bits per heavy atom. The molecule has 0 spiro atoms. The van der Waals surface area contributed by atoms with Crippen molar-refractivity contribution in [2.45, 2.75) is 74.6 Å². The molecule has 8 heteroatoms. The minimum absolute atomic E-state index is 0.0434. The number of para-hydroxylation sites is 1. The Labute approximate surface area is 188 Å². The van der Waals surface area contributed by atoms with E-state index in [9.17, 15) is 4.79 Å². The van der Waals surface area contributed by atoms with Crippen molar-refractivity contribution in [2.75, 3.05) is 23.7 Å². The third kappa shape index (κ3) is 5.01. The minimum Gasteiger partial charge on any atom is -0.366 e. The molecule has 3 atom stereocenters. The van der Waals surface area contributed by atoms with Gasteiger partial charge in [-0.15, -0.1) is 16.9 Å². The lowest BCUT2D eigenvalue weighted by molar-refractivity contribution is -0.118. The van der Waals surface area contributed by atoms with Crippen LogP contribution in [0.4, 0.5) is 11.6 Å². The number of fused-ring (bicyclic) bond motifs is 1. The zero-order valence-electron chi connectivity index (χ0n) is 18.4. The first-order chi connectivity index (χ1) is 15.0. The molecule has 7 nitrogen and oxygen atoms in total. The van der Waals surface area contributed by atoms with Gasteiger partial charge in [0.1, 0.15) is 5.25 Å². The number of carbonyl (C=O) groups excluding carboxylic acids is 1. The van der Waals surface area contributed by atoms with Gasteiger partial charge in [-0.05, 0) is 58.2 Å². The highest BCUT2D eigenvalue weighted by atomic mass is 32.2. The van der Waals surface area contributed by atoms with E-state index in [0.29, 0.717) is 24.3 Å². The third-order valence-corrected chi connectivity index (χ3v) is 7.71. The average Bonchev–Trinajstić information content (AvgIpc) is 2.76. The average molecular weight is 441 g/mol. The number of hydrogen-bond acceptors (Lipinski definition) is 7. The van der Waals surface area contributed by atoms with Crippen LogP contribution in [0.5, 0.6) is 0 Å². The monoisotopic (exact) mass is 440 g/mol. The van der Waals surface area contributed by atoms with Gasteiger partial charge in [-0.1, -0.05) is 25.0 Å². The summed E-state index contributed by atoms with van der Waals surface area (Å²) in [5.74, 6) is 0.138. The van der Waals surface area contributed by atoms with Gasteiger partial charge in [0.25, 0.3) is 0 Å². The molecule has 1 amide bonds. The molecule has 3 heterocycles. The summed E-state index contributed by atoms with van der Waals surface area (Å²) in [7, 11) is 0.